The number of aliphatic imine (C=N–C) groups is 1. The summed E-state index contributed by atoms with van der Waals surface area (Å²) < 4.78 is 0. The van der Waals surface area contributed by atoms with Crippen LogP contribution in [0, 0.1) is 0 Å². The van der Waals surface area contributed by atoms with Crippen molar-refractivity contribution in [3.8, 4) is 0 Å². The predicted octanol–water partition coefficient (Wildman–Crippen LogP) is 3.35. The van der Waals surface area contributed by atoms with Crippen molar-refractivity contribution in [3.05, 3.63) is 42.5 Å². The predicted molar refractivity (Wildman–Crippen MR) is 72.3 cm³/mol. The van der Waals surface area contributed by atoms with Crippen molar-refractivity contribution in [2.45, 2.75) is 0 Å². The quantitative estimate of drug-likeness (QED) is 0.809. The minimum Gasteiger partial charge on any atom is -0.335 e. The molecule has 0 fully saturated rings. The lowest BCUT2D eigenvalue weighted by Crippen LogP contribution is -2.04. The Bertz CT molecular complexity index is 548. The molecule has 0 aromatic heterocycles. The molecule has 1 aliphatic heterocycles. The zero-order valence-electron chi connectivity index (χ0n) is 8.81. The summed E-state index contributed by atoms with van der Waals surface area (Å²) >= 11 is 1.78. The number of amidine groups is 1. The molecule has 0 saturated carbocycles. The van der Waals surface area contributed by atoms with E-state index in [4.69, 9.17) is 0 Å². The molecular formula is C13H12N2S. The molecule has 0 amide bonds. The molecule has 1 aliphatic rings. The van der Waals surface area contributed by atoms with Gasteiger partial charge in [-0.15, -0.1) is 0 Å². The fourth-order valence-corrected chi connectivity index (χ4v) is 2.55. The first-order valence-electron chi connectivity index (χ1n) is 5.35. The van der Waals surface area contributed by atoms with Gasteiger partial charge in [-0.05, 0) is 22.9 Å². The number of anilines is 1. The molecule has 0 saturated heterocycles. The Morgan fingerprint density at radius 2 is 1.94 bits per heavy atom. The maximum absolute atomic E-state index is 4.38. The van der Waals surface area contributed by atoms with Crippen molar-refractivity contribution < 1.29 is 0 Å². The number of nitrogens with one attached hydrogen (secondary N) is 1. The highest BCUT2D eigenvalue weighted by atomic mass is 32.2. The second-order valence-electron chi connectivity index (χ2n) is 3.72. The maximum atomic E-state index is 4.38. The molecule has 2 aromatic rings. The molecular weight excluding hydrogens is 216 g/mol. The third-order valence-corrected chi connectivity index (χ3v) is 3.48. The molecule has 0 bridgehead atoms. The molecule has 1 heterocycles. The van der Waals surface area contributed by atoms with E-state index in [9.17, 15) is 0 Å². The van der Waals surface area contributed by atoms with Crippen LogP contribution in [-0.4, -0.2) is 17.5 Å². The van der Waals surface area contributed by atoms with Gasteiger partial charge in [0.1, 0.15) is 0 Å². The lowest BCUT2D eigenvalue weighted by atomic mass is 10.1. The van der Waals surface area contributed by atoms with Gasteiger partial charge in [0.2, 0.25) is 0 Å². The zero-order valence-corrected chi connectivity index (χ0v) is 9.63. The van der Waals surface area contributed by atoms with Crippen LogP contribution in [0.4, 0.5) is 5.69 Å². The van der Waals surface area contributed by atoms with E-state index in [1.165, 1.54) is 10.8 Å². The van der Waals surface area contributed by atoms with Crippen LogP contribution >= 0.6 is 11.8 Å². The van der Waals surface area contributed by atoms with Gasteiger partial charge >= 0.3 is 0 Å². The van der Waals surface area contributed by atoms with E-state index in [2.05, 4.69) is 52.8 Å². The molecule has 1 N–H and O–H groups in total. The van der Waals surface area contributed by atoms with E-state index in [0.29, 0.717) is 0 Å². The first-order chi connectivity index (χ1) is 7.92. The molecule has 80 valence electrons. The van der Waals surface area contributed by atoms with Gasteiger partial charge in [-0.2, -0.15) is 0 Å². The average molecular weight is 228 g/mol. The summed E-state index contributed by atoms with van der Waals surface area (Å²) in [4.78, 5) is 4.38. The number of benzene rings is 2. The SMILES string of the molecule is c1ccc2cc(NC3=NCCS3)ccc2c1. The van der Waals surface area contributed by atoms with Crippen molar-refractivity contribution in [2.24, 2.45) is 4.99 Å². The largest absolute Gasteiger partial charge is 0.335 e. The van der Waals surface area contributed by atoms with E-state index in [1.807, 2.05) is 0 Å². The lowest BCUT2D eigenvalue weighted by molar-refractivity contribution is 1.17. The Kier molecular flexibility index (Phi) is 2.54. The Morgan fingerprint density at radius 1 is 1.06 bits per heavy atom. The number of hydrogen-bond donors (Lipinski definition) is 1. The van der Waals surface area contributed by atoms with Crippen molar-refractivity contribution in [2.75, 3.05) is 17.6 Å². The van der Waals surface area contributed by atoms with Gasteiger partial charge in [-0.1, -0.05) is 42.1 Å². The Labute approximate surface area is 98.8 Å². The van der Waals surface area contributed by atoms with Crippen LogP contribution in [-0.2, 0) is 0 Å². The summed E-state index contributed by atoms with van der Waals surface area (Å²) in [6, 6.07) is 14.8. The van der Waals surface area contributed by atoms with Crippen molar-refractivity contribution in [3.63, 3.8) is 0 Å². The highest BCUT2D eigenvalue weighted by Crippen LogP contribution is 2.21. The van der Waals surface area contributed by atoms with Gasteiger partial charge in [-0.3, -0.25) is 4.99 Å². The monoisotopic (exact) mass is 228 g/mol. The summed E-state index contributed by atoms with van der Waals surface area (Å²) in [7, 11) is 0. The molecule has 2 aromatic carbocycles. The minimum atomic E-state index is 0.931. The third kappa shape index (κ3) is 1.91. The van der Waals surface area contributed by atoms with Crippen LogP contribution < -0.4 is 5.32 Å². The first-order valence-corrected chi connectivity index (χ1v) is 6.33. The molecule has 3 heteroatoms. The van der Waals surface area contributed by atoms with E-state index in [-0.39, 0.29) is 0 Å². The summed E-state index contributed by atoms with van der Waals surface area (Å²) in [5.74, 6) is 1.09. The zero-order chi connectivity index (χ0) is 10.8. The standard InChI is InChI=1S/C13H12N2S/c1-2-4-11-9-12(6-5-10(11)3-1)15-13-14-7-8-16-13/h1-6,9H,7-8H2,(H,14,15). The van der Waals surface area contributed by atoms with Crippen LogP contribution in [0.5, 0.6) is 0 Å². The maximum Gasteiger partial charge on any atom is 0.161 e. The van der Waals surface area contributed by atoms with Crippen molar-refractivity contribution in [1.82, 2.24) is 0 Å². The van der Waals surface area contributed by atoms with E-state index < -0.39 is 0 Å². The van der Waals surface area contributed by atoms with Crippen LogP contribution in [0.3, 0.4) is 0 Å². The van der Waals surface area contributed by atoms with E-state index >= 15 is 0 Å². The highest BCUT2D eigenvalue weighted by molar-refractivity contribution is 8.14. The van der Waals surface area contributed by atoms with Gasteiger partial charge < -0.3 is 5.32 Å². The molecule has 0 radical (unpaired) electrons. The lowest BCUT2D eigenvalue weighted by Gasteiger charge is -2.06. The number of nitrogens with zero attached hydrogens (tertiary/aromatic N) is 1. The van der Waals surface area contributed by atoms with Gasteiger partial charge in [0.15, 0.2) is 5.17 Å². The fourth-order valence-electron chi connectivity index (χ4n) is 1.80. The molecule has 2 nitrogen and oxygen atoms in total. The molecule has 16 heavy (non-hydrogen) atoms. The molecule has 0 aliphatic carbocycles. The number of fused-ring (bicyclic) bond motifs is 1. The van der Waals surface area contributed by atoms with E-state index in [0.717, 1.165) is 23.2 Å². The topological polar surface area (TPSA) is 24.4 Å². The van der Waals surface area contributed by atoms with Crippen molar-refractivity contribution in [1.29, 1.82) is 0 Å². The van der Waals surface area contributed by atoms with Crippen LogP contribution in [0.2, 0.25) is 0 Å². The van der Waals surface area contributed by atoms with E-state index in [1.54, 1.807) is 11.8 Å². The fraction of sp³-hybridized carbons (Fsp3) is 0.154. The second-order valence-corrected chi connectivity index (χ2v) is 4.81. The van der Waals surface area contributed by atoms with Gasteiger partial charge in [0.25, 0.3) is 0 Å². The van der Waals surface area contributed by atoms with Crippen molar-refractivity contribution >= 4 is 33.4 Å². The van der Waals surface area contributed by atoms with Gasteiger partial charge in [-0.25, -0.2) is 0 Å². The summed E-state index contributed by atoms with van der Waals surface area (Å²) in [6.45, 7) is 0.931. The number of thioether (sulfide) groups is 1. The second kappa shape index (κ2) is 4.18. The Hall–Kier alpha value is -1.48. The molecule has 0 atom stereocenters. The average Bonchev–Trinajstić information content (AvgIpc) is 2.82. The summed E-state index contributed by atoms with van der Waals surface area (Å²) in [5.41, 5.74) is 1.12. The van der Waals surface area contributed by atoms with Gasteiger partial charge in [0, 0.05) is 11.4 Å². The van der Waals surface area contributed by atoms with Gasteiger partial charge in [0.05, 0.1) is 6.54 Å². The third-order valence-electron chi connectivity index (χ3n) is 2.59. The Balaban J connectivity index is 1.92. The number of hydrogen-bond acceptors (Lipinski definition) is 3. The van der Waals surface area contributed by atoms with Crippen LogP contribution in [0.1, 0.15) is 0 Å². The van der Waals surface area contributed by atoms with Crippen LogP contribution in [0.15, 0.2) is 47.5 Å². The minimum absolute atomic E-state index is 0.931. The smallest absolute Gasteiger partial charge is 0.161 e. The summed E-state index contributed by atoms with van der Waals surface area (Å²) in [6.07, 6.45) is 0. The molecule has 0 spiro atoms. The molecule has 0 unspecified atom stereocenters. The summed E-state index contributed by atoms with van der Waals surface area (Å²) in [5, 5.41) is 6.92. The number of rotatable bonds is 1. The normalized spacial score (nSPS) is 15.1. The van der Waals surface area contributed by atoms with Crippen LogP contribution in [0.25, 0.3) is 10.8 Å². The molecule has 3 rings (SSSR count). The highest BCUT2D eigenvalue weighted by Gasteiger charge is 2.06. The Morgan fingerprint density at radius 3 is 2.75 bits per heavy atom. The first kappa shape index (κ1) is 9.73.